The maximum atomic E-state index is 12.0. The minimum atomic E-state index is -0.529. The van der Waals surface area contributed by atoms with Gasteiger partial charge in [-0.1, -0.05) is 0 Å². The van der Waals surface area contributed by atoms with E-state index in [4.69, 9.17) is 4.74 Å². The second-order valence-corrected chi connectivity index (χ2v) is 6.00. The molecule has 1 aliphatic heterocycles. The van der Waals surface area contributed by atoms with Crippen molar-refractivity contribution in [3.05, 3.63) is 0 Å². The number of carbonyl (C=O) groups excluding carboxylic acids is 2. The molecule has 2 amide bonds. The van der Waals surface area contributed by atoms with Gasteiger partial charge in [-0.15, -0.1) is 0 Å². The van der Waals surface area contributed by atoms with E-state index in [0.29, 0.717) is 13.0 Å². The number of amides is 2. The summed E-state index contributed by atoms with van der Waals surface area (Å²) in [6.07, 6.45) is 1.15. The number of carbonyl (C=O) groups is 2. The van der Waals surface area contributed by atoms with Crippen molar-refractivity contribution in [1.82, 2.24) is 10.2 Å². The monoisotopic (exact) mass is 256 g/mol. The molecule has 5 heteroatoms. The van der Waals surface area contributed by atoms with Crippen molar-refractivity contribution in [2.24, 2.45) is 0 Å². The van der Waals surface area contributed by atoms with Crippen LogP contribution in [-0.4, -0.2) is 41.1 Å². The third-order valence-corrected chi connectivity index (χ3v) is 2.61. The molecule has 104 valence electrons. The maximum Gasteiger partial charge on any atom is 0.410 e. The fraction of sp³-hybridized carbons (Fsp3) is 0.846. The molecule has 0 spiro atoms. The Balaban J connectivity index is 2.64. The minimum Gasteiger partial charge on any atom is -0.444 e. The predicted octanol–water partition coefficient (Wildman–Crippen LogP) is 1.91. The molecule has 1 aliphatic rings. The Morgan fingerprint density at radius 3 is 2.44 bits per heavy atom. The molecule has 0 aromatic heterocycles. The zero-order chi connectivity index (χ0) is 13.9. The summed E-state index contributed by atoms with van der Waals surface area (Å²) in [7, 11) is 0. The molecule has 1 N–H and O–H groups in total. The highest BCUT2D eigenvalue weighted by Gasteiger charge is 2.36. The predicted molar refractivity (Wildman–Crippen MR) is 69.2 cm³/mol. The Hall–Kier alpha value is -1.26. The highest BCUT2D eigenvalue weighted by molar-refractivity contribution is 5.86. The lowest BCUT2D eigenvalue weighted by atomic mass is 10.2. The van der Waals surface area contributed by atoms with Crippen LogP contribution < -0.4 is 5.32 Å². The molecule has 0 aliphatic carbocycles. The summed E-state index contributed by atoms with van der Waals surface area (Å²) in [6, 6.07) is -0.305. The first-order valence-electron chi connectivity index (χ1n) is 6.50. The highest BCUT2D eigenvalue weighted by atomic mass is 16.6. The van der Waals surface area contributed by atoms with Crippen molar-refractivity contribution in [2.75, 3.05) is 6.54 Å². The molecule has 1 atom stereocenters. The number of rotatable bonds is 2. The third kappa shape index (κ3) is 4.20. The number of nitrogens with one attached hydrogen (secondary N) is 1. The van der Waals surface area contributed by atoms with E-state index in [-0.39, 0.29) is 18.0 Å². The topological polar surface area (TPSA) is 58.6 Å². The van der Waals surface area contributed by atoms with Gasteiger partial charge in [0.1, 0.15) is 11.6 Å². The van der Waals surface area contributed by atoms with Crippen LogP contribution in [0.25, 0.3) is 0 Å². The number of ether oxygens (including phenoxy) is 1. The molecular formula is C13H24N2O3. The molecule has 1 heterocycles. The summed E-state index contributed by atoms with van der Waals surface area (Å²) >= 11 is 0. The van der Waals surface area contributed by atoms with Crippen LogP contribution in [0.1, 0.15) is 47.5 Å². The van der Waals surface area contributed by atoms with E-state index >= 15 is 0 Å². The standard InChI is InChI=1S/C13H24N2O3/c1-9(2)14-11(16)10-7-6-8-15(10)12(17)18-13(3,4)5/h9-10H,6-8H2,1-5H3,(H,14,16). The summed E-state index contributed by atoms with van der Waals surface area (Å²) in [4.78, 5) is 25.5. The Morgan fingerprint density at radius 2 is 1.94 bits per heavy atom. The average Bonchev–Trinajstić information content (AvgIpc) is 2.61. The van der Waals surface area contributed by atoms with Crippen LogP contribution >= 0.6 is 0 Å². The van der Waals surface area contributed by atoms with E-state index in [1.54, 1.807) is 0 Å². The molecule has 0 bridgehead atoms. The Labute approximate surface area is 109 Å². The Morgan fingerprint density at radius 1 is 1.33 bits per heavy atom. The lowest BCUT2D eigenvalue weighted by molar-refractivity contribution is -0.126. The van der Waals surface area contributed by atoms with Gasteiger partial charge in [-0.3, -0.25) is 9.69 Å². The first kappa shape index (κ1) is 14.8. The van der Waals surface area contributed by atoms with E-state index in [1.807, 2.05) is 34.6 Å². The number of nitrogens with zero attached hydrogens (tertiary/aromatic N) is 1. The quantitative estimate of drug-likeness (QED) is 0.821. The normalized spacial score (nSPS) is 20.1. The zero-order valence-corrected chi connectivity index (χ0v) is 11.9. The van der Waals surface area contributed by atoms with Crippen molar-refractivity contribution < 1.29 is 14.3 Å². The molecule has 5 nitrogen and oxygen atoms in total. The van der Waals surface area contributed by atoms with E-state index < -0.39 is 11.7 Å². The van der Waals surface area contributed by atoms with Gasteiger partial charge >= 0.3 is 6.09 Å². The fourth-order valence-corrected chi connectivity index (χ4v) is 1.96. The highest BCUT2D eigenvalue weighted by Crippen LogP contribution is 2.21. The third-order valence-electron chi connectivity index (χ3n) is 2.61. The summed E-state index contributed by atoms with van der Waals surface area (Å²) in [5.74, 6) is -0.0895. The molecule has 1 saturated heterocycles. The molecule has 0 saturated carbocycles. The molecular weight excluding hydrogens is 232 g/mol. The maximum absolute atomic E-state index is 12.0. The largest absolute Gasteiger partial charge is 0.444 e. The molecule has 0 radical (unpaired) electrons. The SMILES string of the molecule is CC(C)NC(=O)C1CCCN1C(=O)OC(C)(C)C. The van der Waals surface area contributed by atoms with Gasteiger partial charge in [-0.05, 0) is 47.5 Å². The van der Waals surface area contributed by atoms with Crippen molar-refractivity contribution >= 4 is 12.0 Å². The first-order valence-corrected chi connectivity index (χ1v) is 6.50. The van der Waals surface area contributed by atoms with Crippen LogP contribution in [0.15, 0.2) is 0 Å². The molecule has 1 rings (SSSR count). The van der Waals surface area contributed by atoms with Crippen LogP contribution in [0.2, 0.25) is 0 Å². The second kappa shape index (κ2) is 5.59. The van der Waals surface area contributed by atoms with Gasteiger partial charge in [-0.2, -0.15) is 0 Å². The lowest BCUT2D eigenvalue weighted by Gasteiger charge is -2.28. The molecule has 0 aromatic carbocycles. The van der Waals surface area contributed by atoms with Crippen LogP contribution in [0.3, 0.4) is 0 Å². The number of hydrogen-bond acceptors (Lipinski definition) is 3. The van der Waals surface area contributed by atoms with Gasteiger partial charge in [-0.25, -0.2) is 4.79 Å². The van der Waals surface area contributed by atoms with Gasteiger partial charge in [0.25, 0.3) is 0 Å². The molecule has 0 aromatic rings. The van der Waals surface area contributed by atoms with Crippen molar-refractivity contribution in [2.45, 2.75) is 65.1 Å². The van der Waals surface area contributed by atoms with Crippen LogP contribution in [0.5, 0.6) is 0 Å². The first-order chi connectivity index (χ1) is 8.20. The van der Waals surface area contributed by atoms with Gasteiger partial charge in [0.05, 0.1) is 0 Å². The van der Waals surface area contributed by atoms with Crippen LogP contribution in [-0.2, 0) is 9.53 Å². The summed E-state index contributed by atoms with van der Waals surface area (Å²) < 4.78 is 5.31. The second-order valence-electron chi connectivity index (χ2n) is 6.00. The molecule has 18 heavy (non-hydrogen) atoms. The number of hydrogen-bond donors (Lipinski definition) is 1. The van der Waals surface area contributed by atoms with Gasteiger partial charge < -0.3 is 10.1 Å². The summed E-state index contributed by atoms with van der Waals surface area (Å²) in [6.45, 7) is 9.87. The van der Waals surface area contributed by atoms with E-state index in [0.717, 1.165) is 6.42 Å². The Kier molecular flexibility index (Phi) is 4.59. The Bertz CT molecular complexity index is 321. The summed E-state index contributed by atoms with van der Waals surface area (Å²) in [5.41, 5.74) is -0.529. The van der Waals surface area contributed by atoms with Crippen molar-refractivity contribution in [3.8, 4) is 0 Å². The van der Waals surface area contributed by atoms with Gasteiger partial charge in [0.2, 0.25) is 5.91 Å². The molecule has 1 unspecified atom stereocenters. The lowest BCUT2D eigenvalue weighted by Crippen LogP contribution is -2.48. The van der Waals surface area contributed by atoms with Gasteiger partial charge in [0, 0.05) is 12.6 Å². The zero-order valence-electron chi connectivity index (χ0n) is 11.9. The van der Waals surface area contributed by atoms with Crippen molar-refractivity contribution in [1.29, 1.82) is 0 Å². The smallest absolute Gasteiger partial charge is 0.410 e. The van der Waals surface area contributed by atoms with Crippen LogP contribution in [0, 0.1) is 0 Å². The van der Waals surface area contributed by atoms with Crippen LogP contribution in [0.4, 0.5) is 4.79 Å². The van der Waals surface area contributed by atoms with E-state index in [2.05, 4.69) is 5.32 Å². The van der Waals surface area contributed by atoms with E-state index in [1.165, 1.54) is 4.90 Å². The minimum absolute atomic E-state index is 0.0820. The average molecular weight is 256 g/mol. The fourth-order valence-electron chi connectivity index (χ4n) is 1.96. The summed E-state index contributed by atoms with van der Waals surface area (Å²) in [5, 5.41) is 2.84. The molecule has 1 fully saturated rings. The van der Waals surface area contributed by atoms with Gasteiger partial charge in [0.15, 0.2) is 0 Å². The van der Waals surface area contributed by atoms with Crippen molar-refractivity contribution in [3.63, 3.8) is 0 Å². The van der Waals surface area contributed by atoms with E-state index in [9.17, 15) is 9.59 Å². The number of likely N-dealkylation sites (tertiary alicyclic amines) is 1.